The molecule has 0 saturated carbocycles. The van der Waals surface area contributed by atoms with E-state index < -0.39 is 0 Å². The van der Waals surface area contributed by atoms with Gasteiger partial charge in [-0.05, 0) is 32.0 Å². The predicted octanol–water partition coefficient (Wildman–Crippen LogP) is 0.870. The van der Waals surface area contributed by atoms with Gasteiger partial charge in [0.1, 0.15) is 0 Å². The van der Waals surface area contributed by atoms with Crippen molar-refractivity contribution in [3.8, 4) is 0 Å². The van der Waals surface area contributed by atoms with Crippen LogP contribution in [0.3, 0.4) is 0 Å². The average Bonchev–Trinajstić information content (AvgIpc) is 2.34. The van der Waals surface area contributed by atoms with E-state index in [1.165, 1.54) is 0 Å². The van der Waals surface area contributed by atoms with Gasteiger partial charge in [-0.1, -0.05) is 13.0 Å². The van der Waals surface area contributed by atoms with Gasteiger partial charge < -0.3 is 10.6 Å². The summed E-state index contributed by atoms with van der Waals surface area (Å²) >= 11 is 0. The minimum Gasteiger partial charge on any atom is -0.344 e. The molecule has 1 rings (SSSR count). The molecule has 0 aliphatic heterocycles. The number of carbonyl (C=O) groups excluding carboxylic acids is 1. The highest BCUT2D eigenvalue weighted by Crippen LogP contribution is 2.02. The van der Waals surface area contributed by atoms with E-state index in [1.54, 1.807) is 7.05 Å². The molecule has 0 atom stereocenters. The normalized spacial score (nSPS) is 10.1. The van der Waals surface area contributed by atoms with Gasteiger partial charge in [-0.2, -0.15) is 0 Å². The lowest BCUT2D eigenvalue weighted by Crippen LogP contribution is -2.31. The molecule has 0 aromatic carbocycles. The number of amides is 1. The zero-order valence-electron chi connectivity index (χ0n) is 9.92. The third-order valence-corrected chi connectivity index (χ3v) is 2.30. The van der Waals surface area contributed by atoms with Crippen molar-refractivity contribution in [2.75, 3.05) is 13.7 Å². The predicted molar refractivity (Wildman–Crippen MR) is 64.0 cm³/mol. The van der Waals surface area contributed by atoms with Crippen molar-refractivity contribution in [2.24, 2.45) is 0 Å². The molecule has 1 aromatic rings. The van der Waals surface area contributed by atoms with E-state index in [0.717, 1.165) is 17.8 Å². The number of nitrogens with zero attached hydrogens (tertiary/aromatic N) is 1. The number of carbonyl (C=O) groups is 1. The Morgan fingerprint density at radius 3 is 2.81 bits per heavy atom. The summed E-state index contributed by atoms with van der Waals surface area (Å²) in [6.07, 6.45) is 2.12. The van der Waals surface area contributed by atoms with Crippen LogP contribution < -0.4 is 10.6 Å². The van der Waals surface area contributed by atoms with Gasteiger partial charge in [-0.25, -0.2) is 0 Å². The maximum Gasteiger partial charge on any atom is 0.221 e. The van der Waals surface area contributed by atoms with E-state index in [-0.39, 0.29) is 5.91 Å². The fourth-order valence-corrected chi connectivity index (χ4v) is 1.38. The summed E-state index contributed by atoms with van der Waals surface area (Å²) in [7, 11) is 1.80. The van der Waals surface area contributed by atoms with Crippen molar-refractivity contribution in [1.82, 2.24) is 15.6 Å². The first-order valence-electron chi connectivity index (χ1n) is 5.62. The summed E-state index contributed by atoms with van der Waals surface area (Å²) in [5.74, 6) is 0.0538. The fourth-order valence-electron chi connectivity index (χ4n) is 1.38. The van der Waals surface area contributed by atoms with Gasteiger partial charge in [0.2, 0.25) is 5.91 Å². The zero-order valence-corrected chi connectivity index (χ0v) is 9.92. The summed E-state index contributed by atoms with van der Waals surface area (Å²) < 4.78 is 0. The van der Waals surface area contributed by atoms with E-state index >= 15 is 0 Å². The van der Waals surface area contributed by atoms with Crippen LogP contribution in [0.1, 0.15) is 24.7 Å². The fraction of sp³-hybridized carbons (Fsp3) is 0.500. The highest BCUT2D eigenvalue weighted by atomic mass is 16.1. The number of hydrogen-bond donors (Lipinski definition) is 2. The molecule has 0 spiro atoms. The molecule has 0 radical (unpaired) electrons. The van der Waals surface area contributed by atoms with Crippen LogP contribution in [0.25, 0.3) is 0 Å². The molecular weight excluding hydrogens is 202 g/mol. The van der Waals surface area contributed by atoms with E-state index in [2.05, 4.69) is 22.5 Å². The van der Waals surface area contributed by atoms with Crippen LogP contribution >= 0.6 is 0 Å². The first kappa shape index (κ1) is 12.6. The van der Waals surface area contributed by atoms with Crippen LogP contribution in [0.5, 0.6) is 0 Å². The second-order valence-electron chi connectivity index (χ2n) is 3.60. The van der Waals surface area contributed by atoms with Crippen LogP contribution in [0.2, 0.25) is 0 Å². The van der Waals surface area contributed by atoms with Crippen molar-refractivity contribution in [3.05, 3.63) is 29.6 Å². The van der Waals surface area contributed by atoms with Crippen molar-refractivity contribution in [3.63, 3.8) is 0 Å². The van der Waals surface area contributed by atoms with Crippen molar-refractivity contribution in [1.29, 1.82) is 0 Å². The van der Waals surface area contributed by atoms with Crippen molar-refractivity contribution < 1.29 is 4.79 Å². The van der Waals surface area contributed by atoms with E-state index in [9.17, 15) is 4.79 Å². The Labute approximate surface area is 96.5 Å². The Balaban J connectivity index is 2.38. The van der Waals surface area contributed by atoms with Crippen molar-refractivity contribution >= 4 is 5.91 Å². The molecule has 2 N–H and O–H groups in total. The summed E-state index contributed by atoms with van der Waals surface area (Å²) in [4.78, 5) is 15.8. The molecule has 0 unspecified atom stereocenters. The molecule has 0 aliphatic carbocycles. The molecule has 1 aromatic heterocycles. The largest absolute Gasteiger partial charge is 0.344 e. The Hall–Kier alpha value is -1.42. The summed E-state index contributed by atoms with van der Waals surface area (Å²) in [5.41, 5.74) is 2.06. The number of aromatic nitrogens is 1. The van der Waals surface area contributed by atoms with Crippen LogP contribution in [0.15, 0.2) is 18.2 Å². The molecule has 0 fully saturated rings. The summed E-state index contributed by atoms with van der Waals surface area (Å²) in [6.45, 7) is 2.59. The Morgan fingerprint density at radius 2 is 2.12 bits per heavy atom. The quantitative estimate of drug-likeness (QED) is 0.701. The summed E-state index contributed by atoms with van der Waals surface area (Å²) in [6, 6.07) is 5.96. The molecule has 0 aliphatic rings. The molecule has 0 bridgehead atoms. The van der Waals surface area contributed by atoms with Crippen molar-refractivity contribution in [2.45, 2.75) is 26.2 Å². The average molecular weight is 221 g/mol. The van der Waals surface area contributed by atoms with Gasteiger partial charge in [-0.15, -0.1) is 0 Å². The number of aryl methyl sites for hydroxylation is 2. The Morgan fingerprint density at radius 1 is 1.38 bits per heavy atom. The number of nitrogens with one attached hydrogen (secondary N) is 2. The number of pyridine rings is 1. The smallest absolute Gasteiger partial charge is 0.221 e. The van der Waals surface area contributed by atoms with Crippen LogP contribution in [-0.2, 0) is 17.6 Å². The number of rotatable bonds is 6. The van der Waals surface area contributed by atoms with E-state index in [1.807, 2.05) is 18.2 Å². The minimum atomic E-state index is 0.0538. The van der Waals surface area contributed by atoms with Gasteiger partial charge in [-0.3, -0.25) is 9.78 Å². The van der Waals surface area contributed by atoms with E-state index in [0.29, 0.717) is 19.5 Å². The maximum atomic E-state index is 11.4. The first-order valence-corrected chi connectivity index (χ1v) is 5.62. The first-order chi connectivity index (χ1) is 7.76. The van der Waals surface area contributed by atoms with Crippen LogP contribution in [0.4, 0.5) is 0 Å². The van der Waals surface area contributed by atoms with Gasteiger partial charge >= 0.3 is 0 Å². The zero-order chi connectivity index (χ0) is 11.8. The lowest BCUT2D eigenvalue weighted by Gasteiger charge is -2.04. The van der Waals surface area contributed by atoms with Crippen LogP contribution in [-0.4, -0.2) is 24.6 Å². The highest BCUT2D eigenvalue weighted by molar-refractivity contribution is 5.75. The second-order valence-corrected chi connectivity index (χ2v) is 3.60. The van der Waals surface area contributed by atoms with Gasteiger partial charge in [0.05, 0.1) is 6.67 Å². The van der Waals surface area contributed by atoms with Gasteiger partial charge in [0, 0.05) is 17.8 Å². The Bertz CT molecular complexity index is 339. The van der Waals surface area contributed by atoms with E-state index in [4.69, 9.17) is 0 Å². The maximum absolute atomic E-state index is 11.4. The molecule has 1 heterocycles. The number of hydrogen-bond acceptors (Lipinski definition) is 3. The van der Waals surface area contributed by atoms with Gasteiger partial charge in [0.25, 0.3) is 0 Å². The molecule has 4 nitrogen and oxygen atoms in total. The molecule has 88 valence electrons. The molecule has 4 heteroatoms. The topological polar surface area (TPSA) is 54.0 Å². The SMILES string of the molecule is CCc1cccc(CCC(=O)NCNC)n1. The highest BCUT2D eigenvalue weighted by Gasteiger charge is 2.02. The molecule has 16 heavy (non-hydrogen) atoms. The lowest BCUT2D eigenvalue weighted by atomic mass is 10.2. The standard InChI is InChI=1S/C12H19N3O/c1-3-10-5-4-6-11(15-10)7-8-12(16)14-9-13-2/h4-6,13H,3,7-9H2,1-2H3,(H,14,16). The third kappa shape index (κ3) is 4.40. The molecular formula is C12H19N3O. The van der Waals surface area contributed by atoms with Gasteiger partial charge in [0.15, 0.2) is 0 Å². The molecule has 1 amide bonds. The minimum absolute atomic E-state index is 0.0538. The van der Waals surface area contributed by atoms with Crippen LogP contribution in [0, 0.1) is 0 Å². The second kappa shape index (κ2) is 6.95. The molecule has 0 saturated heterocycles. The third-order valence-electron chi connectivity index (χ3n) is 2.30. The summed E-state index contributed by atoms with van der Waals surface area (Å²) in [5, 5.41) is 5.62. The monoisotopic (exact) mass is 221 g/mol. The lowest BCUT2D eigenvalue weighted by molar-refractivity contribution is -0.121. The Kier molecular flexibility index (Phi) is 5.50.